The highest BCUT2D eigenvalue weighted by molar-refractivity contribution is 6.06. The number of nitrogens with zero attached hydrogens (tertiary/aromatic N) is 1. The maximum absolute atomic E-state index is 12.8. The summed E-state index contributed by atoms with van der Waals surface area (Å²) < 4.78 is 0. The van der Waals surface area contributed by atoms with E-state index in [0.717, 1.165) is 44.2 Å². The first-order valence-electron chi connectivity index (χ1n) is 7.59. The zero-order valence-corrected chi connectivity index (χ0v) is 11.8. The number of likely N-dealkylation sites (tertiary alicyclic amines) is 1. The molecule has 3 rings (SSSR count). The largest absolute Gasteiger partial charge is 0.338 e. The zero-order chi connectivity index (χ0) is 14.0. The van der Waals surface area contributed by atoms with Gasteiger partial charge in [0.1, 0.15) is 11.2 Å². The number of ketones is 1. The Bertz CT molecular complexity index is 507. The van der Waals surface area contributed by atoms with Gasteiger partial charge in [0.25, 0.3) is 0 Å². The SMILES string of the molecule is O=C1CCCCC12CCCN(Cc1ccccc1)C2=O. The van der Waals surface area contributed by atoms with Crippen molar-refractivity contribution >= 4 is 11.7 Å². The average Bonchev–Trinajstić information content (AvgIpc) is 2.48. The molecule has 2 aliphatic rings. The molecule has 2 fully saturated rings. The van der Waals surface area contributed by atoms with Gasteiger partial charge in [-0.3, -0.25) is 9.59 Å². The fourth-order valence-electron chi connectivity index (χ4n) is 3.62. The van der Waals surface area contributed by atoms with Gasteiger partial charge in [-0.25, -0.2) is 0 Å². The molecule has 1 amide bonds. The minimum Gasteiger partial charge on any atom is -0.338 e. The van der Waals surface area contributed by atoms with E-state index in [1.807, 2.05) is 35.2 Å². The number of Topliss-reactive ketones (excluding diaryl/α,β-unsaturated/α-hetero) is 1. The molecule has 0 radical (unpaired) electrons. The molecular formula is C17H21NO2. The fourth-order valence-corrected chi connectivity index (χ4v) is 3.62. The third kappa shape index (κ3) is 2.26. The van der Waals surface area contributed by atoms with E-state index in [2.05, 4.69) is 0 Å². The van der Waals surface area contributed by atoms with Gasteiger partial charge in [-0.15, -0.1) is 0 Å². The van der Waals surface area contributed by atoms with Crippen LogP contribution in [0.15, 0.2) is 30.3 Å². The lowest BCUT2D eigenvalue weighted by atomic mass is 9.67. The van der Waals surface area contributed by atoms with Gasteiger partial charge in [-0.2, -0.15) is 0 Å². The lowest BCUT2D eigenvalue weighted by Crippen LogP contribution is -2.53. The summed E-state index contributed by atoms with van der Waals surface area (Å²) in [6, 6.07) is 10.0. The molecule has 1 unspecified atom stereocenters. The lowest BCUT2D eigenvalue weighted by Gasteiger charge is -2.42. The molecule has 1 aromatic rings. The minimum absolute atomic E-state index is 0.0808. The maximum atomic E-state index is 12.8. The van der Waals surface area contributed by atoms with Crippen LogP contribution in [0, 0.1) is 5.41 Å². The Morgan fingerprint density at radius 2 is 1.75 bits per heavy atom. The number of carbonyl (C=O) groups excluding carboxylic acids is 2. The summed E-state index contributed by atoms with van der Waals surface area (Å²) >= 11 is 0. The molecule has 20 heavy (non-hydrogen) atoms. The summed E-state index contributed by atoms with van der Waals surface area (Å²) in [5, 5.41) is 0. The highest BCUT2D eigenvalue weighted by Crippen LogP contribution is 2.42. The normalized spacial score (nSPS) is 27.1. The standard InChI is InChI=1S/C17H21NO2/c19-15-9-4-5-10-17(15)11-6-12-18(16(17)20)13-14-7-2-1-3-8-14/h1-3,7-8H,4-6,9-13H2. The third-order valence-electron chi connectivity index (χ3n) is 4.74. The minimum atomic E-state index is -0.675. The van der Waals surface area contributed by atoms with E-state index in [1.165, 1.54) is 0 Å². The first kappa shape index (κ1) is 13.3. The molecule has 3 nitrogen and oxygen atoms in total. The monoisotopic (exact) mass is 271 g/mol. The highest BCUT2D eigenvalue weighted by atomic mass is 16.2. The van der Waals surface area contributed by atoms with Gasteiger partial charge in [0.2, 0.25) is 5.91 Å². The van der Waals surface area contributed by atoms with Gasteiger partial charge >= 0.3 is 0 Å². The molecule has 0 bridgehead atoms. The summed E-state index contributed by atoms with van der Waals surface area (Å²) in [5.41, 5.74) is 0.465. The third-order valence-corrected chi connectivity index (χ3v) is 4.74. The van der Waals surface area contributed by atoms with Gasteiger partial charge in [-0.1, -0.05) is 36.8 Å². The van der Waals surface area contributed by atoms with Crippen molar-refractivity contribution in [1.29, 1.82) is 0 Å². The number of carbonyl (C=O) groups is 2. The molecule has 0 N–H and O–H groups in total. The number of hydrogen-bond acceptors (Lipinski definition) is 2. The Morgan fingerprint density at radius 1 is 1.00 bits per heavy atom. The highest BCUT2D eigenvalue weighted by Gasteiger charge is 2.49. The number of piperidine rings is 1. The Labute approximate surface area is 120 Å². The Balaban J connectivity index is 1.80. The molecule has 1 saturated heterocycles. The molecule has 0 aromatic heterocycles. The van der Waals surface area contributed by atoms with Crippen molar-refractivity contribution < 1.29 is 9.59 Å². The van der Waals surface area contributed by atoms with E-state index in [1.54, 1.807) is 0 Å². The van der Waals surface area contributed by atoms with Crippen molar-refractivity contribution in [2.24, 2.45) is 5.41 Å². The van der Waals surface area contributed by atoms with Gasteiger partial charge in [0.15, 0.2) is 0 Å². The van der Waals surface area contributed by atoms with Gasteiger partial charge in [0, 0.05) is 19.5 Å². The summed E-state index contributed by atoms with van der Waals surface area (Å²) in [5.74, 6) is 0.267. The van der Waals surface area contributed by atoms with Crippen LogP contribution in [0.4, 0.5) is 0 Å². The number of rotatable bonds is 2. The molecular weight excluding hydrogens is 250 g/mol. The van der Waals surface area contributed by atoms with Gasteiger partial charge in [0.05, 0.1) is 0 Å². The quantitative estimate of drug-likeness (QED) is 0.776. The van der Waals surface area contributed by atoms with Crippen molar-refractivity contribution in [2.45, 2.75) is 45.1 Å². The van der Waals surface area contributed by atoms with Crippen molar-refractivity contribution in [1.82, 2.24) is 4.90 Å². The molecule has 106 valence electrons. The number of hydrogen-bond donors (Lipinski definition) is 0. The van der Waals surface area contributed by atoms with E-state index in [-0.39, 0.29) is 11.7 Å². The average molecular weight is 271 g/mol. The number of benzene rings is 1. The van der Waals surface area contributed by atoms with Crippen LogP contribution in [0.1, 0.15) is 44.1 Å². The fraction of sp³-hybridized carbons (Fsp3) is 0.529. The molecule has 1 spiro atoms. The van der Waals surface area contributed by atoms with Crippen molar-refractivity contribution in [3.8, 4) is 0 Å². The van der Waals surface area contributed by atoms with Crippen LogP contribution < -0.4 is 0 Å². The first-order valence-corrected chi connectivity index (χ1v) is 7.59. The Hall–Kier alpha value is -1.64. The molecule has 1 saturated carbocycles. The smallest absolute Gasteiger partial charge is 0.236 e. The maximum Gasteiger partial charge on any atom is 0.236 e. The summed E-state index contributed by atoms with van der Waals surface area (Å²) in [6.45, 7) is 1.41. The van der Waals surface area contributed by atoms with Crippen LogP contribution in [-0.4, -0.2) is 23.1 Å². The molecule has 1 heterocycles. The van der Waals surface area contributed by atoms with E-state index in [0.29, 0.717) is 13.0 Å². The second-order valence-corrected chi connectivity index (χ2v) is 6.03. The second kappa shape index (κ2) is 5.39. The Kier molecular flexibility index (Phi) is 3.60. The van der Waals surface area contributed by atoms with Crippen molar-refractivity contribution in [3.63, 3.8) is 0 Å². The van der Waals surface area contributed by atoms with Gasteiger partial charge < -0.3 is 4.90 Å². The van der Waals surface area contributed by atoms with Crippen LogP contribution in [0.5, 0.6) is 0 Å². The molecule has 3 heteroatoms. The lowest BCUT2D eigenvalue weighted by molar-refractivity contribution is -0.156. The van der Waals surface area contributed by atoms with E-state index in [4.69, 9.17) is 0 Å². The first-order chi connectivity index (χ1) is 9.72. The van der Waals surface area contributed by atoms with Crippen LogP contribution >= 0.6 is 0 Å². The van der Waals surface area contributed by atoms with Crippen LogP contribution in [0.25, 0.3) is 0 Å². The van der Waals surface area contributed by atoms with E-state index < -0.39 is 5.41 Å². The Morgan fingerprint density at radius 3 is 2.50 bits per heavy atom. The zero-order valence-electron chi connectivity index (χ0n) is 11.8. The predicted octanol–water partition coefficient (Wildman–Crippen LogP) is 2.94. The van der Waals surface area contributed by atoms with Crippen LogP contribution in [-0.2, 0) is 16.1 Å². The van der Waals surface area contributed by atoms with E-state index in [9.17, 15) is 9.59 Å². The van der Waals surface area contributed by atoms with Crippen LogP contribution in [0.3, 0.4) is 0 Å². The summed E-state index contributed by atoms with van der Waals surface area (Å²) in [7, 11) is 0. The predicted molar refractivity (Wildman–Crippen MR) is 77.0 cm³/mol. The topological polar surface area (TPSA) is 37.4 Å². The number of amides is 1. The summed E-state index contributed by atoms with van der Waals surface area (Å²) in [4.78, 5) is 27.0. The second-order valence-electron chi connectivity index (χ2n) is 6.03. The molecule has 1 aliphatic heterocycles. The van der Waals surface area contributed by atoms with E-state index >= 15 is 0 Å². The summed E-state index contributed by atoms with van der Waals surface area (Å²) in [6.07, 6.45) is 5.02. The molecule has 1 aromatic carbocycles. The van der Waals surface area contributed by atoms with Crippen LogP contribution in [0.2, 0.25) is 0 Å². The van der Waals surface area contributed by atoms with Crippen molar-refractivity contribution in [3.05, 3.63) is 35.9 Å². The molecule has 1 aliphatic carbocycles. The molecule has 1 atom stereocenters. The van der Waals surface area contributed by atoms with Gasteiger partial charge in [-0.05, 0) is 31.2 Å². The van der Waals surface area contributed by atoms with Crippen molar-refractivity contribution in [2.75, 3.05) is 6.54 Å².